The van der Waals surface area contributed by atoms with Gasteiger partial charge in [-0.05, 0) is 24.7 Å². The first-order chi connectivity index (χ1) is 7.84. The maximum atomic E-state index is 14.0. The normalized spacial score (nSPS) is 25.1. The lowest BCUT2D eigenvalue weighted by Crippen LogP contribution is -2.17. The molecule has 2 saturated carbocycles. The summed E-state index contributed by atoms with van der Waals surface area (Å²) in [6, 6.07) is 0. The van der Waals surface area contributed by atoms with Crippen molar-refractivity contribution in [3.05, 3.63) is 0 Å². The summed E-state index contributed by atoms with van der Waals surface area (Å²) >= 11 is 0. The predicted octanol–water partition coefficient (Wildman–Crippen LogP) is 5.27. The molecule has 2 aliphatic rings. The highest BCUT2D eigenvalue weighted by Crippen LogP contribution is 2.33. The van der Waals surface area contributed by atoms with E-state index < -0.39 is 6.17 Å². The van der Waals surface area contributed by atoms with E-state index in [1.54, 1.807) is 0 Å². The average molecular weight is 226 g/mol. The number of halogens is 1. The minimum Gasteiger partial charge on any atom is -0.247 e. The van der Waals surface area contributed by atoms with Gasteiger partial charge < -0.3 is 0 Å². The highest BCUT2D eigenvalue weighted by atomic mass is 19.1. The van der Waals surface area contributed by atoms with Gasteiger partial charge in [-0.3, -0.25) is 0 Å². The first-order valence-electron chi connectivity index (χ1n) is 7.48. The molecule has 0 aromatic carbocycles. The van der Waals surface area contributed by atoms with Crippen LogP contribution < -0.4 is 0 Å². The SMILES string of the molecule is FC(CC1CCCCC1)CC1CCCCC1. The van der Waals surface area contributed by atoms with E-state index >= 15 is 0 Å². The van der Waals surface area contributed by atoms with Gasteiger partial charge >= 0.3 is 0 Å². The second kappa shape index (κ2) is 6.61. The highest BCUT2D eigenvalue weighted by molar-refractivity contribution is 4.74. The van der Waals surface area contributed by atoms with Gasteiger partial charge in [-0.2, -0.15) is 0 Å². The van der Waals surface area contributed by atoms with Crippen LogP contribution in [0.3, 0.4) is 0 Å². The van der Waals surface area contributed by atoms with E-state index in [-0.39, 0.29) is 0 Å². The van der Waals surface area contributed by atoms with E-state index in [1.165, 1.54) is 64.2 Å². The summed E-state index contributed by atoms with van der Waals surface area (Å²) < 4.78 is 14.0. The van der Waals surface area contributed by atoms with Gasteiger partial charge in [0.2, 0.25) is 0 Å². The van der Waals surface area contributed by atoms with Crippen LogP contribution in [0.5, 0.6) is 0 Å². The molecular formula is C15H27F. The van der Waals surface area contributed by atoms with Crippen LogP contribution in [0.4, 0.5) is 4.39 Å². The van der Waals surface area contributed by atoms with E-state index in [1.807, 2.05) is 0 Å². The second-order valence-corrected chi connectivity index (χ2v) is 6.08. The molecule has 0 spiro atoms. The second-order valence-electron chi connectivity index (χ2n) is 6.08. The summed E-state index contributed by atoms with van der Waals surface area (Å²) in [6.45, 7) is 0. The van der Waals surface area contributed by atoms with Crippen LogP contribution in [-0.2, 0) is 0 Å². The molecule has 0 aromatic heterocycles. The lowest BCUT2D eigenvalue weighted by atomic mass is 9.81. The minimum atomic E-state index is -0.494. The van der Waals surface area contributed by atoms with Gasteiger partial charge in [-0.15, -0.1) is 0 Å². The first-order valence-corrected chi connectivity index (χ1v) is 7.48. The molecule has 1 heteroatoms. The third-order valence-electron chi connectivity index (χ3n) is 4.63. The van der Waals surface area contributed by atoms with E-state index in [4.69, 9.17) is 0 Å². The average Bonchev–Trinajstić information content (AvgIpc) is 2.31. The summed E-state index contributed by atoms with van der Waals surface area (Å²) in [4.78, 5) is 0. The van der Waals surface area contributed by atoms with Crippen molar-refractivity contribution in [1.29, 1.82) is 0 Å². The smallest absolute Gasteiger partial charge is 0.101 e. The van der Waals surface area contributed by atoms with Crippen molar-refractivity contribution < 1.29 is 4.39 Å². The maximum absolute atomic E-state index is 14.0. The van der Waals surface area contributed by atoms with Gasteiger partial charge in [0.05, 0.1) is 0 Å². The standard InChI is InChI=1S/C15H27F/c16-15(11-13-7-3-1-4-8-13)12-14-9-5-2-6-10-14/h13-15H,1-12H2. The fourth-order valence-corrected chi connectivity index (χ4v) is 3.67. The topological polar surface area (TPSA) is 0 Å². The molecule has 0 amide bonds. The summed E-state index contributed by atoms with van der Waals surface area (Å²) in [5.74, 6) is 1.43. The zero-order valence-corrected chi connectivity index (χ0v) is 10.6. The molecule has 2 aliphatic carbocycles. The summed E-state index contributed by atoms with van der Waals surface area (Å²) in [6.07, 6.45) is 14.6. The Balaban J connectivity index is 1.64. The zero-order chi connectivity index (χ0) is 11.2. The van der Waals surface area contributed by atoms with E-state index in [9.17, 15) is 4.39 Å². The fourth-order valence-electron chi connectivity index (χ4n) is 3.67. The highest BCUT2D eigenvalue weighted by Gasteiger charge is 2.22. The molecule has 0 bridgehead atoms. The Kier molecular flexibility index (Phi) is 5.12. The molecule has 0 aromatic rings. The Morgan fingerprint density at radius 2 is 1.06 bits per heavy atom. The van der Waals surface area contributed by atoms with E-state index in [2.05, 4.69) is 0 Å². The molecule has 94 valence electrons. The van der Waals surface area contributed by atoms with Gasteiger partial charge in [-0.25, -0.2) is 4.39 Å². The Morgan fingerprint density at radius 3 is 1.44 bits per heavy atom. The lowest BCUT2D eigenvalue weighted by molar-refractivity contribution is 0.181. The molecule has 0 N–H and O–H groups in total. The Bertz CT molecular complexity index is 158. The molecule has 0 radical (unpaired) electrons. The predicted molar refractivity (Wildman–Crippen MR) is 67.3 cm³/mol. The number of alkyl halides is 1. The molecule has 2 rings (SSSR count). The van der Waals surface area contributed by atoms with Crippen molar-refractivity contribution in [2.75, 3.05) is 0 Å². The van der Waals surface area contributed by atoms with Crippen molar-refractivity contribution in [2.45, 2.75) is 83.2 Å². The lowest BCUT2D eigenvalue weighted by Gasteiger charge is -2.26. The third-order valence-corrected chi connectivity index (χ3v) is 4.63. The van der Waals surface area contributed by atoms with Gasteiger partial charge in [0.1, 0.15) is 6.17 Å². The van der Waals surface area contributed by atoms with Crippen molar-refractivity contribution in [1.82, 2.24) is 0 Å². The van der Waals surface area contributed by atoms with Crippen LogP contribution >= 0.6 is 0 Å². The summed E-state index contributed by atoms with van der Waals surface area (Å²) in [7, 11) is 0. The van der Waals surface area contributed by atoms with Crippen LogP contribution in [0.1, 0.15) is 77.0 Å². The summed E-state index contributed by atoms with van der Waals surface area (Å²) in [5.41, 5.74) is 0. The van der Waals surface area contributed by atoms with Crippen LogP contribution in [0.25, 0.3) is 0 Å². The van der Waals surface area contributed by atoms with Gasteiger partial charge in [0, 0.05) is 0 Å². The van der Waals surface area contributed by atoms with Crippen LogP contribution in [0.15, 0.2) is 0 Å². The summed E-state index contributed by atoms with van der Waals surface area (Å²) in [5, 5.41) is 0. The van der Waals surface area contributed by atoms with Crippen molar-refractivity contribution in [3.8, 4) is 0 Å². The van der Waals surface area contributed by atoms with E-state index in [0.29, 0.717) is 11.8 Å². The molecule has 0 unspecified atom stereocenters. The van der Waals surface area contributed by atoms with Gasteiger partial charge in [0.15, 0.2) is 0 Å². The van der Waals surface area contributed by atoms with E-state index in [0.717, 1.165) is 12.8 Å². The van der Waals surface area contributed by atoms with Gasteiger partial charge in [0.25, 0.3) is 0 Å². The Labute approximate surface area is 100 Å². The molecule has 0 atom stereocenters. The molecule has 0 nitrogen and oxygen atoms in total. The molecular weight excluding hydrogens is 199 g/mol. The number of hydrogen-bond donors (Lipinski definition) is 0. The largest absolute Gasteiger partial charge is 0.247 e. The van der Waals surface area contributed by atoms with Crippen molar-refractivity contribution in [3.63, 3.8) is 0 Å². The van der Waals surface area contributed by atoms with Crippen LogP contribution in [0.2, 0.25) is 0 Å². The molecule has 2 fully saturated rings. The number of rotatable bonds is 4. The van der Waals surface area contributed by atoms with Crippen LogP contribution in [-0.4, -0.2) is 6.17 Å². The fraction of sp³-hybridized carbons (Fsp3) is 1.00. The molecule has 0 aliphatic heterocycles. The first kappa shape index (κ1) is 12.4. The van der Waals surface area contributed by atoms with Crippen molar-refractivity contribution >= 4 is 0 Å². The molecule has 0 saturated heterocycles. The monoisotopic (exact) mass is 226 g/mol. The molecule has 0 heterocycles. The van der Waals surface area contributed by atoms with Crippen LogP contribution in [0, 0.1) is 11.8 Å². The minimum absolute atomic E-state index is 0.494. The maximum Gasteiger partial charge on any atom is 0.101 e. The zero-order valence-electron chi connectivity index (χ0n) is 10.6. The van der Waals surface area contributed by atoms with Gasteiger partial charge in [-0.1, -0.05) is 64.2 Å². The quantitative estimate of drug-likeness (QED) is 0.613. The Morgan fingerprint density at radius 1 is 0.688 bits per heavy atom. The number of hydrogen-bond acceptors (Lipinski definition) is 0. The van der Waals surface area contributed by atoms with Crippen molar-refractivity contribution in [2.24, 2.45) is 11.8 Å². The third kappa shape index (κ3) is 4.07. The molecule has 16 heavy (non-hydrogen) atoms. The Hall–Kier alpha value is -0.0700.